The Kier molecular flexibility index (Phi) is 5.97. The first kappa shape index (κ1) is 21.6. The molecule has 0 saturated carbocycles. The molecule has 0 aliphatic carbocycles. The van der Waals surface area contributed by atoms with Crippen LogP contribution in [0, 0.1) is 12.7 Å². The lowest BCUT2D eigenvalue weighted by molar-refractivity contribution is -0.119. The number of amides is 3. The molecule has 1 aromatic carbocycles. The van der Waals surface area contributed by atoms with Crippen molar-refractivity contribution >= 4 is 29.3 Å². The van der Waals surface area contributed by atoms with Gasteiger partial charge in [0.2, 0.25) is 5.91 Å². The van der Waals surface area contributed by atoms with Crippen LogP contribution in [0.1, 0.15) is 23.2 Å². The lowest BCUT2D eigenvalue weighted by Gasteiger charge is -2.36. The van der Waals surface area contributed by atoms with E-state index < -0.39 is 18.0 Å². The van der Waals surface area contributed by atoms with Gasteiger partial charge in [0.05, 0.1) is 24.5 Å². The molecule has 1 atom stereocenters. The zero-order valence-corrected chi connectivity index (χ0v) is 17.8. The maximum Gasteiger partial charge on any atom is 0.414 e. The lowest BCUT2D eigenvalue weighted by atomic mass is 10.2. The molecule has 0 unspecified atom stereocenters. The van der Waals surface area contributed by atoms with Gasteiger partial charge in [-0.1, -0.05) is 5.16 Å². The zero-order valence-electron chi connectivity index (χ0n) is 17.8. The third-order valence-electron chi connectivity index (χ3n) is 5.45. The molecule has 170 valence electrons. The van der Waals surface area contributed by atoms with Gasteiger partial charge in [-0.25, -0.2) is 9.18 Å². The van der Waals surface area contributed by atoms with E-state index in [4.69, 9.17) is 9.26 Å². The Morgan fingerprint density at radius 1 is 1.22 bits per heavy atom. The van der Waals surface area contributed by atoms with Crippen molar-refractivity contribution in [1.29, 1.82) is 0 Å². The molecule has 32 heavy (non-hydrogen) atoms. The van der Waals surface area contributed by atoms with Gasteiger partial charge in [0.1, 0.15) is 17.7 Å². The molecule has 2 saturated heterocycles. The summed E-state index contributed by atoms with van der Waals surface area (Å²) in [5, 5.41) is 6.36. The van der Waals surface area contributed by atoms with E-state index in [9.17, 15) is 18.8 Å². The van der Waals surface area contributed by atoms with Crippen molar-refractivity contribution in [2.24, 2.45) is 0 Å². The van der Waals surface area contributed by atoms with Gasteiger partial charge in [0.15, 0.2) is 5.69 Å². The molecule has 10 nitrogen and oxygen atoms in total. The van der Waals surface area contributed by atoms with Crippen LogP contribution < -0.4 is 15.1 Å². The fourth-order valence-corrected chi connectivity index (χ4v) is 3.80. The Labute approximate surface area is 183 Å². The number of cyclic esters (lactones) is 1. The monoisotopic (exact) mass is 445 g/mol. The number of halogens is 1. The van der Waals surface area contributed by atoms with Gasteiger partial charge in [-0.15, -0.1) is 0 Å². The number of anilines is 2. The van der Waals surface area contributed by atoms with Crippen molar-refractivity contribution in [1.82, 2.24) is 15.4 Å². The minimum absolute atomic E-state index is 0.203. The zero-order chi connectivity index (χ0) is 22.8. The third kappa shape index (κ3) is 4.51. The van der Waals surface area contributed by atoms with Crippen LogP contribution in [0.15, 0.2) is 28.8 Å². The highest BCUT2D eigenvalue weighted by Crippen LogP contribution is 2.28. The quantitative estimate of drug-likeness (QED) is 0.744. The number of nitrogens with one attached hydrogen (secondary N) is 1. The molecule has 4 rings (SSSR count). The molecule has 1 N–H and O–H groups in total. The van der Waals surface area contributed by atoms with E-state index in [-0.39, 0.29) is 30.6 Å². The average Bonchev–Trinajstić information content (AvgIpc) is 3.37. The van der Waals surface area contributed by atoms with Crippen molar-refractivity contribution in [3.8, 4) is 0 Å². The Hall–Kier alpha value is -3.63. The fraction of sp³-hybridized carbons (Fsp3) is 0.429. The average molecular weight is 445 g/mol. The van der Waals surface area contributed by atoms with Gasteiger partial charge in [0.25, 0.3) is 5.91 Å². The number of hydrogen-bond acceptors (Lipinski definition) is 7. The van der Waals surface area contributed by atoms with E-state index in [0.29, 0.717) is 43.3 Å². The van der Waals surface area contributed by atoms with E-state index in [2.05, 4.69) is 10.5 Å². The maximum absolute atomic E-state index is 14.9. The van der Waals surface area contributed by atoms with Gasteiger partial charge in [-0.2, -0.15) is 0 Å². The highest BCUT2D eigenvalue weighted by Gasteiger charge is 2.33. The molecule has 1 aromatic heterocycles. The fourth-order valence-electron chi connectivity index (χ4n) is 3.80. The van der Waals surface area contributed by atoms with Crippen molar-refractivity contribution in [2.45, 2.75) is 20.0 Å². The van der Waals surface area contributed by atoms with Crippen LogP contribution in [0.2, 0.25) is 0 Å². The second-order valence-electron chi connectivity index (χ2n) is 7.79. The number of piperazine rings is 1. The van der Waals surface area contributed by atoms with E-state index in [1.807, 2.05) is 4.90 Å². The van der Waals surface area contributed by atoms with Gasteiger partial charge in [-0.3, -0.25) is 14.5 Å². The molecule has 3 amide bonds. The summed E-state index contributed by atoms with van der Waals surface area (Å²) in [5.41, 5.74) is 1.05. The summed E-state index contributed by atoms with van der Waals surface area (Å²) in [6.07, 6.45) is -1.07. The lowest BCUT2D eigenvalue weighted by Crippen LogP contribution is -2.49. The minimum Gasteiger partial charge on any atom is -0.442 e. The van der Waals surface area contributed by atoms with Crippen LogP contribution in [-0.4, -0.2) is 73.3 Å². The molecule has 3 heterocycles. The first-order valence-electron chi connectivity index (χ1n) is 10.3. The second kappa shape index (κ2) is 8.85. The van der Waals surface area contributed by atoms with Crippen LogP contribution in [0.3, 0.4) is 0 Å². The summed E-state index contributed by atoms with van der Waals surface area (Å²) in [5.74, 6) is -0.323. The van der Waals surface area contributed by atoms with Crippen LogP contribution in [0.4, 0.5) is 20.6 Å². The Morgan fingerprint density at radius 3 is 2.59 bits per heavy atom. The van der Waals surface area contributed by atoms with E-state index in [1.54, 1.807) is 30.0 Å². The number of carbonyl (C=O) groups is 3. The van der Waals surface area contributed by atoms with Crippen LogP contribution in [0.25, 0.3) is 0 Å². The summed E-state index contributed by atoms with van der Waals surface area (Å²) < 4.78 is 25.1. The first-order chi connectivity index (χ1) is 15.3. The summed E-state index contributed by atoms with van der Waals surface area (Å²) in [4.78, 5) is 40.6. The van der Waals surface area contributed by atoms with Crippen LogP contribution in [-0.2, 0) is 9.53 Å². The van der Waals surface area contributed by atoms with Gasteiger partial charge in [0, 0.05) is 39.2 Å². The highest BCUT2D eigenvalue weighted by molar-refractivity contribution is 5.92. The Balaban J connectivity index is 1.37. The van der Waals surface area contributed by atoms with Crippen molar-refractivity contribution in [2.75, 3.05) is 49.1 Å². The standard InChI is InChI=1S/C21H24FN5O5/c1-13-9-18(24-32-13)20(29)26-7-5-25(6-8-26)19-4-3-15(10-17(19)22)27-12-16(31-21(27)30)11-23-14(2)28/h3-4,9-10,16H,5-8,11-12H2,1-2H3,(H,23,28)/t16-/m0/s1. The number of aryl methyl sites for hydroxylation is 1. The number of hydrogen-bond donors (Lipinski definition) is 1. The molecule has 11 heteroatoms. The Bertz CT molecular complexity index is 1030. The maximum atomic E-state index is 14.9. The normalized spacial score (nSPS) is 18.7. The van der Waals surface area contributed by atoms with Crippen LogP contribution >= 0.6 is 0 Å². The van der Waals surface area contributed by atoms with Crippen molar-refractivity contribution in [3.63, 3.8) is 0 Å². The number of benzene rings is 1. The largest absolute Gasteiger partial charge is 0.442 e. The molecular weight excluding hydrogens is 421 g/mol. The molecule has 2 aliphatic rings. The molecular formula is C21H24FN5O5. The van der Waals surface area contributed by atoms with Crippen LogP contribution in [0.5, 0.6) is 0 Å². The van der Waals surface area contributed by atoms with Gasteiger partial charge in [-0.05, 0) is 25.1 Å². The second-order valence-corrected chi connectivity index (χ2v) is 7.79. The summed E-state index contributed by atoms with van der Waals surface area (Å²) in [6, 6.07) is 6.18. The topological polar surface area (TPSA) is 108 Å². The van der Waals surface area contributed by atoms with Crippen molar-refractivity contribution < 1.29 is 28.0 Å². The molecule has 0 radical (unpaired) electrons. The first-order valence-corrected chi connectivity index (χ1v) is 10.3. The van der Waals surface area contributed by atoms with E-state index in [1.165, 1.54) is 17.9 Å². The number of aromatic nitrogens is 1. The van der Waals surface area contributed by atoms with Gasteiger partial charge < -0.3 is 24.4 Å². The van der Waals surface area contributed by atoms with E-state index in [0.717, 1.165) is 0 Å². The molecule has 0 spiro atoms. The molecule has 2 fully saturated rings. The predicted molar refractivity (Wildman–Crippen MR) is 112 cm³/mol. The predicted octanol–water partition coefficient (Wildman–Crippen LogP) is 1.55. The molecule has 0 bridgehead atoms. The SMILES string of the molecule is CC(=O)NC[C@H]1CN(c2ccc(N3CCN(C(=O)c4cc(C)on4)CC3)c(F)c2)C(=O)O1. The molecule has 2 aromatic rings. The summed E-state index contributed by atoms with van der Waals surface area (Å²) >= 11 is 0. The number of ether oxygens (including phenoxy) is 1. The molecule has 2 aliphatic heterocycles. The smallest absolute Gasteiger partial charge is 0.414 e. The summed E-state index contributed by atoms with van der Waals surface area (Å²) in [6.45, 7) is 5.30. The van der Waals surface area contributed by atoms with E-state index >= 15 is 0 Å². The third-order valence-corrected chi connectivity index (χ3v) is 5.45. The number of rotatable bonds is 5. The number of nitrogens with zero attached hydrogens (tertiary/aromatic N) is 4. The number of carbonyl (C=O) groups excluding carboxylic acids is 3. The van der Waals surface area contributed by atoms with Crippen molar-refractivity contribution in [3.05, 3.63) is 41.5 Å². The van der Waals surface area contributed by atoms with Gasteiger partial charge >= 0.3 is 6.09 Å². The summed E-state index contributed by atoms with van der Waals surface area (Å²) in [7, 11) is 0. The minimum atomic E-state index is -0.581. The Morgan fingerprint density at radius 2 is 1.97 bits per heavy atom. The highest BCUT2D eigenvalue weighted by atomic mass is 19.1.